The molecule has 0 saturated heterocycles. The fourth-order valence-electron chi connectivity index (χ4n) is 3.08. The lowest BCUT2D eigenvalue weighted by molar-refractivity contribution is -0.173. The maximum absolute atomic E-state index is 12.5. The van der Waals surface area contributed by atoms with E-state index in [4.69, 9.17) is 32.7 Å². The molecule has 0 saturated carbocycles. The van der Waals surface area contributed by atoms with Crippen molar-refractivity contribution in [2.75, 3.05) is 13.2 Å². The Bertz CT molecular complexity index is 396. The molecule has 6 heteroatoms. The highest BCUT2D eigenvalue weighted by Gasteiger charge is 2.46. The summed E-state index contributed by atoms with van der Waals surface area (Å²) < 4.78 is 10.5. The van der Waals surface area contributed by atoms with Crippen LogP contribution in [0.5, 0.6) is 0 Å². The number of rotatable bonds is 17. The van der Waals surface area contributed by atoms with Gasteiger partial charge >= 0.3 is 11.9 Å². The summed E-state index contributed by atoms with van der Waals surface area (Å²) in [4.78, 5) is 24.0. The zero-order valence-corrected chi connectivity index (χ0v) is 18.9. The first-order valence-electron chi connectivity index (χ1n) is 10.6. The SMILES string of the molecule is CCCCCCCCCCCCOC(=O)C(CC)(CC)C(=O)OCC(Cl)Cl. The topological polar surface area (TPSA) is 52.6 Å². The average Bonchev–Trinajstić information content (AvgIpc) is 2.65. The molecule has 27 heavy (non-hydrogen) atoms. The Morgan fingerprint density at radius 2 is 1.19 bits per heavy atom. The fourth-order valence-corrected chi connectivity index (χ4v) is 3.21. The molecular weight excluding hydrogens is 387 g/mol. The quantitative estimate of drug-likeness (QED) is 0.114. The van der Waals surface area contributed by atoms with E-state index in [1.54, 1.807) is 13.8 Å². The number of halogens is 2. The molecule has 0 atom stereocenters. The van der Waals surface area contributed by atoms with Gasteiger partial charge in [0.1, 0.15) is 11.4 Å². The molecule has 0 bridgehead atoms. The standard InChI is InChI=1S/C21H38Cl2O4/c1-4-7-8-9-10-11-12-13-14-15-16-26-19(24)21(5-2,6-3)20(25)27-17-18(22)23/h18H,4-17H2,1-3H3. The highest BCUT2D eigenvalue weighted by atomic mass is 35.5. The first-order valence-corrected chi connectivity index (χ1v) is 11.4. The molecule has 0 fully saturated rings. The van der Waals surface area contributed by atoms with Crippen LogP contribution in [0.1, 0.15) is 97.8 Å². The van der Waals surface area contributed by atoms with Gasteiger partial charge in [-0.25, -0.2) is 0 Å². The molecule has 0 aliphatic heterocycles. The van der Waals surface area contributed by atoms with Crippen molar-refractivity contribution >= 4 is 35.1 Å². The second-order valence-electron chi connectivity index (χ2n) is 7.10. The van der Waals surface area contributed by atoms with Crippen LogP contribution in [0.2, 0.25) is 0 Å². The lowest BCUT2D eigenvalue weighted by Crippen LogP contribution is -2.41. The molecule has 4 nitrogen and oxygen atoms in total. The number of unbranched alkanes of at least 4 members (excludes halogenated alkanes) is 9. The maximum atomic E-state index is 12.5. The molecule has 0 aromatic heterocycles. The van der Waals surface area contributed by atoms with E-state index < -0.39 is 22.2 Å². The van der Waals surface area contributed by atoms with E-state index in [2.05, 4.69) is 6.92 Å². The highest BCUT2D eigenvalue weighted by Crippen LogP contribution is 2.30. The molecule has 0 unspecified atom stereocenters. The lowest BCUT2D eigenvalue weighted by Gasteiger charge is -2.27. The molecule has 0 amide bonds. The third-order valence-corrected chi connectivity index (χ3v) is 5.31. The van der Waals surface area contributed by atoms with Crippen molar-refractivity contribution in [2.24, 2.45) is 5.41 Å². The van der Waals surface area contributed by atoms with Gasteiger partial charge in [0.25, 0.3) is 0 Å². The number of carbonyl (C=O) groups excluding carboxylic acids is 2. The Kier molecular flexibility index (Phi) is 16.2. The van der Waals surface area contributed by atoms with Crippen molar-refractivity contribution in [3.8, 4) is 0 Å². The summed E-state index contributed by atoms with van der Waals surface area (Å²) in [6.45, 7) is 6.01. The Balaban J connectivity index is 4.03. The molecule has 0 aromatic rings. The predicted octanol–water partition coefficient (Wildman–Crippen LogP) is 6.60. The molecule has 0 aliphatic rings. The van der Waals surface area contributed by atoms with E-state index in [-0.39, 0.29) is 6.61 Å². The molecular formula is C21H38Cl2O4. The number of esters is 2. The van der Waals surface area contributed by atoms with E-state index in [1.807, 2.05) is 0 Å². The van der Waals surface area contributed by atoms with Crippen LogP contribution < -0.4 is 0 Å². The zero-order valence-electron chi connectivity index (χ0n) is 17.4. The largest absolute Gasteiger partial charge is 0.465 e. The van der Waals surface area contributed by atoms with Crippen molar-refractivity contribution in [3.05, 3.63) is 0 Å². The molecule has 160 valence electrons. The Hall–Kier alpha value is -0.480. The normalized spacial score (nSPS) is 11.6. The second-order valence-corrected chi connectivity index (χ2v) is 8.37. The van der Waals surface area contributed by atoms with Crippen LogP contribution in [-0.2, 0) is 19.1 Å². The maximum Gasteiger partial charge on any atom is 0.323 e. The molecule has 0 rings (SSSR count). The van der Waals surface area contributed by atoms with Crippen molar-refractivity contribution in [1.29, 1.82) is 0 Å². The minimum atomic E-state index is -1.26. The smallest absolute Gasteiger partial charge is 0.323 e. The van der Waals surface area contributed by atoms with Gasteiger partial charge in [-0.15, -0.1) is 23.2 Å². The van der Waals surface area contributed by atoms with Crippen LogP contribution in [0.25, 0.3) is 0 Å². The lowest BCUT2D eigenvalue weighted by atomic mass is 9.82. The van der Waals surface area contributed by atoms with Crippen molar-refractivity contribution < 1.29 is 19.1 Å². The zero-order chi connectivity index (χ0) is 20.5. The van der Waals surface area contributed by atoms with Gasteiger partial charge in [-0.3, -0.25) is 9.59 Å². The predicted molar refractivity (Wildman–Crippen MR) is 112 cm³/mol. The Morgan fingerprint density at radius 1 is 0.741 bits per heavy atom. The van der Waals surface area contributed by atoms with Crippen molar-refractivity contribution in [1.82, 2.24) is 0 Å². The number of ether oxygens (including phenoxy) is 2. The van der Waals surface area contributed by atoms with E-state index in [0.29, 0.717) is 19.4 Å². The summed E-state index contributed by atoms with van der Waals surface area (Å²) in [5.41, 5.74) is -1.26. The van der Waals surface area contributed by atoms with Crippen molar-refractivity contribution in [2.45, 2.75) is 103 Å². The van der Waals surface area contributed by atoms with Crippen LogP contribution in [0.15, 0.2) is 0 Å². The third kappa shape index (κ3) is 11.2. The van der Waals surface area contributed by atoms with Crippen LogP contribution >= 0.6 is 23.2 Å². The molecule has 0 N–H and O–H groups in total. The monoisotopic (exact) mass is 424 g/mol. The minimum Gasteiger partial charge on any atom is -0.465 e. The Morgan fingerprint density at radius 3 is 1.63 bits per heavy atom. The Labute approximate surface area is 175 Å². The van der Waals surface area contributed by atoms with Crippen LogP contribution in [0, 0.1) is 5.41 Å². The van der Waals surface area contributed by atoms with Gasteiger partial charge in [0, 0.05) is 0 Å². The first-order chi connectivity index (χ1) is 12.9. The minimum absolute atomic E-state index is 0.130. The summed E-state index contributed by atoms with van der Waals surface area (Å²) in [6.07, 6.45) is 12.8. The third-order valence-electron chi connectivity index (χ3n) is 5.06. The van der Waals surface area contributed by atoms with Gasteiger partial charge in [-0.05, 0) is 19.3 Å². The summed E-state index contributed by atoms with van der Waals surface area (Å²) in [7, 11) is 0. The summed E-state index contributed by atoms with van der Waals surface area (Å²) in [6, 6.07) is 0. The van der Waals surface area contributed by atoms with Crippen LogP contribution in [-0.4, -0.2) is 30.0 Å². The summed E-state index contributed by atoms with van der Waals surface area (Å²) in [5.74, 6) is -1.11. The van der Waals surface area contributed by atoms with Gasteiger partial charge in [0.2, 0.25) is 0 Å². The van der Waals surface area contributed by atoms with Crippen molar-refractivity contribution in [3.63, 3.8) is 0 Å². The van der Waals surface area contributed by atoms with Crippen LogP contribution in [0.3, 0.4) is 0 Å². The van der Waals surface area contributed by atoms with E-state index >= 15 is 0 Å². The molecule has 0 aliphatic carbocycles. The van der Waals surface area contributed by atoms with Crippen LogP contribution in [0.4, 0.5) is 0 Å². The first kappa shape index (κ1) is 26.5. The van der Waals surface area contributed by atoms with Gasteiger partial charge in [0.15, 0.2) is 5.41 Å². The number of hydrogen-bond acceptors (Lipinski definition) is 4. The van der Waals surface area contributed by atoms with E-state index in [1.165, 1.54) is 44.9 Å². The van der Waals surface area contributed by atoms with E-state index in [0.717, 1.165) is 19.3 Å². The molecule has 0 heterocycles. The molecule has 0 radical (unpaired) electrons. The van der Waals surface area contributed by atoms with Gasteiger partial charge < -0.3 is 9.47 Å². The van der Waals surface area contributed by atoms with Gasteiger partial charge in [0.05, 0.1) is 6.61 Å². The van der Waals surface area contributed by atoms with Gasteiger partial charge in [-0.2, -0.15) is 0 Å². The van der Waals surface area contributed by atoms with Gasteiger partial charge in [-0.1, -0.05) is 78.6 Å². The number of alkyl halides is 2. The highest BCUT2D eigenvalue weighted by molar-refractivity contribution is 6.44. The number of carbonyl (C=O) groups is 2. The number of hydrogen-bond donors (Lipinski definition) is 0. The summed E-state index contributed by atoms with van der Waals surface area (Å²) in [5, 5.41) is 0. The fraction of sp³-hybridized carbons (Fsp3) is 0.905. The molecule has 0 aromatic carbocycles. The molecule has 0 spiro atoms. The van der Waals surface area contributed by atoms with E-state index in [9.17, 15) is 9.59 Å². The average molecular weight is 425 g/mol. The summed E-state index contributed by atoms with van der Waals surface area (Å²) >= 11 is 11.2. The second kappa shape index (κ2) is 16.5.